The molecule has 1 aromatic heterocycles. The molecular weight excluding hydrogens is 499 g/mol. The molecule has 9 heteroatoms. The zero-order chi connectivity index (χ0) is 23.9. The molecule has 0 spiro atoms. The lowest BCUT2D eigenvalue weighted by molar-refractivity contribution is 0.279. The lowest BCUT2D eigenvalue weighted by atomic mass is 10.1. The first-order valence-corrected chi connectivity index (χ1v) is 11.2. The van der Waals surface area contributed by atoms with E-state index in [4.69, 9.17) is 36.2 Å². The Bertz CT molecular complexity index is 1310. The normalized spacial score (nSPS) is 10.2. The van der Waals surface area contributed by atoms with Crippen molar-refractivity contribution in [1.29, 1.82) is 10.8 Å². The highest BCUT2D eigenvalue weighted by Gasteiger charge is 2.09. The van der Waals surface area contributed by atoms with E-state index in [0.29, 0.717) is 24.3 Å². The van der Waals surface area contributed by atoms with Gasteiger partial charge in [-0.05, 0) is 79.9 Å². The molecule has 4 aromatic rings. The maximum atomic E-state index is 7.60. The van der Waals surface area contributed by atoms with Gasteiger partial charge in [0.1, 0.15) is 34.5 Å². The van der Waals surface area contributed by atoms with Gasteiger partial charge in [0.05, 0.1) is 13.2 Å². The van der Waals surface area contributed by atoms with Gasteiger partial charge in [-0.15, -0.1) is 24.8 Å². The minimum absolute atomic E-state index is 0. The summed E-state index contributed by atoms with van der Waals surface area (Å²) in [6.07, 6.45) is 2.85. The van der Waals surface area contributed by atoms with Crippen LogP contribution in [0.15, 0.2) is 77.2 Å². The number of rotatable bonds is 11. The molecule has 0 aliphatic carbocycles. The second kappa shape index (κ2) is 13.4. The van der Waals surface area contributed by atoms with Crippen molar-refractivity contribution in [2.75, 3.05) is 13.2 Å². The van der Waals surface area contributed by atoms with Crippen molar-refractivity contribution in [2.24, 2.45) is 11.5 Å². The van der Waals surface area contributed by atoms with Gasteiger partial charge in [-0.1, -0.05) is 12.1 Å². The first kappa shape index (κ1) is 28.6. The van der Waals surface area contributed by atoms with Gasteiger partial charge in [0.15, 0.2) is 0 Å². The molecule has 0 bridgehead atoms. The van der Waals surface area contributed by atoms with Crippen molar-refractivity contribution >= 4 is 47.5 Å². The van der Waals surface area contributed by atoms with Crippen molar-refractivity contribution in [1.82, 2.24) is 0 Å². The van der Waals surface area contributed by atoms with Crippen molar-refractivity contribution in [2.45, 2.75) is 19.3 Å². The van der Waals surface area contributed by atoms with E-state index >= 15 is 0 Å². The highest BCUT2D eigenvalue weighted by atomic mass is 35.5. The number of benzene rings is 3. The number of furan rings is 1. The fourth-order valence-corrected chi connectivity index (χ4v) is 3.58. The Kier molecular flexibility index (Phi) is 10.6. The summed E-state index contributed by atoms with van der Waals surface area (Å²) >= 11 is 0. The standard InChI is InChI=1S/C27H28N4O3.2ClH/c28-26(29)18-7-10-22(11-8-18)32-13-2-1-3-14-33-23-6-4-5-19(16-23)25-17-21-15-20(27(30)31)9-12-24(21)34-25;;/h4-12,15-17H,1-3,13-14H2,(H3,28,29)(H3,30,31);2*1H. The zero-order valence-electron chi connectivity index (χ0n) is 19.7. The summed E-state index contributed by atoms with van der Waals surface area (Å²) in [7, 11) is 0. The number of nitrogens with one attached hydrogen (secondary N) is 2. The minimum atomic E-state index is 0. The zero-order valence-corrected chi connectivity index (χ0v) is 21.3. The molecular formula is C27H30Cl2N4O3. The molecule has 190 valence electrons. The molecule has 7 nitrogen and oxygen atoms in total. The Labute approximate surface area is 222 Å². The predicted octanol–water partition coefficient (Wildman–Crippen LogP) is 6.14. The van der Waals surface area contributed by atoms with Gasteiger partial charge in [-0.2, -0.15) is 0 Å². The van der Waals surface area contributed by atoms with E-state index in [2.05, 4.69) is 0 Å². The molecule has 0 fully saturated rings. The molecule has 0 atom stereocenters. The third-order valence-corrected chi connectivity index (χ3v) is 5.44. The maximum Gasteiger partial charge on any atom is 0.135 e. The van der Waals surface area contributed by atoms with Gasteiger partial charge < -0.3 is 25.4 Å². The first-order valence-electron chi connectivity index (χ1n) is 11.2. The SMILES string of the molecule is Cl.Cl.N=C(N)c1ccc(OCCCCCOc2cccc(-c3cc4cc(C(=N)N)ccc4o3)c2)cc1. The minimum Gasteiger partial charge on any atom is -0.494 e. The Morgan fingerprint density at radius 1 is 0.694 bits per heavy atom. The summed E-state index contributed by atoms with van der Waals surface area (Å²) in [5.41, 5.74) is 14.1. The number of halogens is 2. The quantitative estimate of drug-likeness (QED) is 0.105. The van der Waals surface area contributed by atoms with Gasteiger partial charge in [-0.3, -0.25) is 10.8 Å². The number of fused-ring (bicyclic) bond motifs is 1. The monoisotopic (exact) mass is 528 g/mol. The molecule has 0 amide bonds. The second-order valence-corrected chi connectivity index (χ2v) is 8.00. The van der Waals surface area contributed by atoms with Crippen molar-refractivity contribution in [3.63, 3.8) is 0 Å². The van der Waals surface area contributed by atoms with E-state index < -0.39 is 0 Å². The molecule has 0 aliphatic rings. The van der Waals surface area contributed by atoms with Crippen LogP contribution in [-0.4, -0.2) is 24.9 Å². The van der Waals surface area contributed by atoms with Crippen LogP contribution in [0.2, 0.25) is 0 Å². The molecule has 0 unspecified atom stereocenters. The number of unbranched alkanes of at least 4 members (excludes halogenated alkanes) is 2. The molecule has 0 saturated carbocycles. The summed E-state index contributed by atoms with van der Waals surface area (Å²) in [6.45, 7) is 1.26. The van der Waals surface area contributed by atoms with Gasteiger partial charge in [0.25, 0.3) is 0 Å². The molecule has 0 aliphatic heterocycles. The van der Waals surface area contributed by atoms with Crippen LogP contribution in [0.1, 0.15) is 30.4 Å². The van der Waals surface area contributed by atoms with Crippen LogP contribution < -0.4 is 20.9 Å². The molecule has 0 radical (unpaired) electrons. The summed E-state index contributed by atoms with van der Waals surface area (Å²) in [5.74, 6) is 2.41. The van der Waals surface area contributed by atoms with Crippen LogP contribution in [0.4, 0.5) is 0 Å². The van der Waals surface area contributed by atoms with Crippen molar-refractivity contribution in [3.05, 3.63) is 83.9 Å². The van der Waals surface area contributed by atoms with Gasteiger partial charge in [-0.25, -0.2) is 0 Å². The number of hydrogen-bond acceptors (Lipinski definition) is 5. The Morgan fingerprint density at radius 3 is 2.00 bits per heavy atom. The smallest absolute Gasteiger partial charge is 0.135 e. The van der Waals surface area contributed by atoms with Crippen LogP contribution in [0.3, 0.4) is 0 Å². The predicted molar refractivity (Wildman–Crippen MR) is 149 cm³/mol. The Balaban J connectivity index is 0.00000228. The van der Waals surface area contributed by atoms with Gasteiger partial charge in [0, 0.05) is 22.1 Å². The van der Waals surface area contributed by atoms with Crippen LogP contribution in [0, 0.1) is 10.8 Å². The van der Waals surface area contributed by atoms with Crippen LogP contribution in [-0.2, 0) is 0 Å². The molecule has 6 N–H and O–H groups in total. The number of nitrogens with two attached hydrogens (primary N) is 2. The topological polar surface area (TPSA) is 131 Å². The van der Waals surface area contributed by atoms with Crippen LogP contribution >= 0.6 is 24.8 Å². The lowest BCUT2D eigenvalue weighted by Crippen LogP contribution is -2.10. The summed E-state index contributed by atoms with van der Waals surface area (Å²) < 4.78 is 17.6. The number of amidine groups is 2. The van der Waals surface area contributed by atoms with Crippen LogP contribution in [0.5, 0.6) is 11.5 Å². The highest BCUT2D eigenvalue weighted by Crippen LogP contribution is 2.30. The fourth-order valence-electron chi connectivity index (χ4n) is 3.58. The molecule has 36 heavy (non-hydrogen) atoms. The number of hydrogen-bond donors (Lipinski definition) is 4. The number of nitrogen functional groups attached to an aromatic ring is 2. The van der Waals surface area contributed by atoms with Crippen molar-refractivity contribution < 1.29 is 13.9 Å². The fraction of sp³-hybridized carbons (Fsp3) is 0.185. The average molecular weight is 529 g/mol. The first-order chi connectivity index (χ1) is 16.5. The van der Waals surface area contributed by atoms with E-state index in [1.54, 1.807) is 18.2 Å². The van der Waals surface area contributed by atoms with E-state index in [1.807, 2.05) is 54.6 Å². The second-order valence-electron chi connectivity index (χ2n) is 8.00. The summed E-state index contributed by atoms with van der Waals surface area (Å²) in [6, 6.07) is 22.5. The summed E-state index contributed by atoms with van der Waals surface area (Å²) in [5, 5.41) is 15.9. The van der Waals surface area contributed by atoms with E-state index in [9.17, 15) is 0 Å². The van der Waals surface area contributed by atoms with Crippen molar-refractivity contribution in [3.8, 4) is 22.8 Å². The highest BCUT2D eigenvalue weighted by molar-refractivity contribution is 5.99. The molecule has 4 rings (SSSR count). The van der Waals surface area contributed by atoms with Crippen LogP contribution in [0.25, 0.3) is 22.3 Å². The molecule has 0 saturated heterocycles. The molecule has 3 aromatic carbocycles. The van der Waals surface area contributed by atoms with E-state index in [1.165, 1.54) is 0 Å². The Morgan fingerprint density at radius 2 is 1.33 bits per heavy atom. The van der Waals surface area contributed by atoms with E-state index in [0.717, 1.165) is 53.1 Å². The third kappa shape index (κ3) is 7.41. The largest absolute Gasteiger partial charge is 0.494 e. The third-order valence-electron chi connectivity index (χ3n) is 5.44. The average Bonchev–Trinajstić information content (AvgIpc) is 3.27. The lowest BCUT2D eigenvalue weighted by Gasteiger charge is -2.08. The van der Waals surface area contributed by atoms with E-state index in [-0.39, 0.29) is 36.5 Å². The number of ether oxygens (including phenoxy) is 2. The van der Waals surface area contributed by atoms with Gasteiger partial charge >= 0.3 is 0 Å². The molecule has 1 heterocycles. The van der Waals surface area contributed by atoms with Gasteiger partial charge in [0.2, 0.25) is 0 Å². The maximum absolute atomic E-state index is 7.60. The Hall–Kier alpha value is -3.68. The summed E-state index contributed by atoms with van der Waals surface area (Å²) in [4.78, 5) is 0.